The molecule has 170 valence electrons. The summed E-state index contributed by atoms with van der Waals surface area (Å²) in [5, 5.41) is 24.2. The van der Waals surface area contributed by atoms with Crippen LogP contribution in [0, 0.1) is 10.8 Å². The highest BCUT2D eigenvalue weighted by atomic mass is 127. The summed E-state index contributed by atoms with van der Waals surface area (Å²) >= 11 is 8.92. The molecule has 2 heterocycles. The van der Waals surface area contributed by atoms with Crippen LogP contribution in [0.4, 0.5) is 0 Å². The van der Waals surface area contributed by atoms with Gasteiger partial charge in [-0.1, -0.05) is 62.0 Å². The molecule has 2 rings (SSSR count). The van der Waals surface area contributed by atoms with Crippen molar-refractivity contribution in [2.24, 2.45) is 26.0 Å². The molecule has 0 saturated carbocycles. The summed E-state index contributed by atoms with van der Waals surface area (Å²) in [5.41, 5.74) is 0.337. The summed E-state index contributed by atoms with van der Waals surface area (Å²) < 4.78 is 0. The van der Waals surface area contributed by atoms with Crippen LogP contribution in [0.5, 0.6) is 0 Å². The predicted octanol–water partition coefficient (Wildman–Crippen LogP) is 3.92. The first-order valence-electron chi connectivity index (χ1n) is 9.48. The second-order valence-corrected chi connectivity index (χ2v) is 8.54. The number of thiocarbonyl (C=S) groups is 1. The number of nitrogens with zero attached hydrogens (tertiary/aromatic N) is 5. The Morgan fingerprint density at radius 2 is 1.55 bits per heavy atom. The Balaban J connectivity index is 0. The average molecular weight is 559 g/mol. The molecule has 0 aromatic heterocycles. The summed E-state index contributed by atoms with van der Waals surface area (Å²) in [6.45, 7) is 16.2. The van der Waals surface area contributed by atoms with Gasteiger partial charge in [0.25, 0.3) is 0 Å². The van der Waals surface area contributed by atoms with E-state index in [4.69, 9.17) is 17.3 Å². The molecule has 29 heavy (non-hydrogen) atoms. The van der Waals surface area contributed by atoms with Crippen LogP contribution in [0.1, 0.15) is 41.5 Å². The summed E-state index contributed by atoms with van der Waals surface area (Å²) in [4.78, 5) is 6.35. The lowest BCUT2D eigenvalue weighted by molar-refractivity contribution is 0.382. The predicted molar refractivity (Wildman–Crippen MR) is 144 cm³/mol. The van der Waals surface area contributed by atoms with E-state index in [2.05, 4.69) is 70.8 Å². The lowest BCUT2D eigenvalue weighted by atomic mass is 9.97. The number of halogens is 1. The van der Waals surface area contributed by atoms with Crippen LogP contribution in [-0.4, -0.2) is 82.3 Å². The van der Waals surface area contributed by atoms with Gasteiger partial charge in [-0.25, -0.2) is 10.0 Å². The molecule has 0 fully saturated rings. The van der Waals surface area contributed by atoms with Crippen molar-refractivity contribution >= 4 is 69.3 Å². The molecule has 0 aromatic carbocycles. The first kappa shape index (κ1) is 30.7. The number of aliphatic hydroxyl groups is 1. The van der Waals surface area contributed by atoms with Crippen LogP contribution >= 0.6 is 46.6 Å². The van der Waals surface area contributed by atoms with Crippen LogP contribution in [0.3, 0.4) is 0 Å². The normalized spacial score (nSPS) is 18.1. The number of hydrazone groups is 2. The molecule has 2 aliphatic rings. The molecule has 0 spiro atoms. The highest BCUT2D eigenvalue weighted by Crippen LogP contribution is 2.23. The fraction of sp³-hybridized carbons (Fsp3) is 0.789. The molecule has 7 nitrogen and oxygen atoms in total. The zero-order chi connectivity index (χ0) is 23.1. The smallest absolute Gasteiger partial charge is 0.189 e. The van der Waals surface area contributed by atoms with Crippen molar-refractivity contribution in [2.75, 3.05) is 44.5 Å². The van der Waals surface area contributed by atoms with E-state index in [0.29, 0.717) is 0 Å². The first-order chi connectivity index (χ1) is 13.6. The zero-order valence-corrected chi connectivity index (χ0v) is 23.2. The van der Waals surface area contributed by atoms with Gasteiger partial charge in [-0.15, -0.1) is 0 Å². The van der Waals surface area contributed by atoms with Crippen molar-refractivity contribution in [3.8, 4) is 0 Å². The lowest BCUT2D eigenvalue weighted by Crippen LogP contribution is -2.37. The molecular weight excluding hydrogens is 519 g/mol. The molecule has 0 radical (unpaired) electrons. The van der Waals surface area contributed by atoms with Crippen LogP contribution in [0.2, 0.25) is 0 Å². The highest BCUT2D eigenvalue weighted by molar-refractivity contribution is 14.1. The lowest BCUT2D eigenvalue weighted by Gasteiger charge is -2.19. The Morgan fingerprint density at radius 3 is 1.86 bits per heavy atom. The Hall–Kier alpha value is -0.460. The van der Waals surface area contributed by atoms with Crippen LogP contribution in [-0.2, 0) is 0 Å². The average Bonchev–Trinajstić information content (AvgIpc) is 3.25. The van der Waals surface area contributed by atoms with Crippen molar-refractivity contribution in [1.82, 2.24) is 15.3 Å². The quantitative estimate of drug-likeness (QED) is 0.176. The number of aliphatic hydroxyl groups excluding tert-OH is 1. The molecule has 0 aromatic rings. The maximum Gasteiger partial charge on any atom is 0.189 e. The minimum atomic E-state index is 0.152. The van der Waals surface area contributed by atoms with E-state index in [-0.39, 0.29) is 10.8 Å². The van der Waals surface area contributed by atoms with E-state index in [0.717, 1.165) is 43.6 Å². The van der Waals surface area contributed by atoms with Crippen LogP contribution in [0.25, 0.3) is 0 Å². The molecule has 0 amide bonds. The van der Waals surface area contributed by atoms with E-state index in [1.165, 1.54) is 0 Å². The summed E-state index contributed by atoms with van der Waals surface area (Å²) in [7, 11) is 1.00. The van der Waals surface area contributed by atoms with Gasteiger partial charge < -0.3 is 10.4 Å². The summed E-state index contributed by atoms with van der Waals surface area (Å²) in [6, 6.07) is 0. The Kier molecular flexibility index (Phi) is 17.2. The van der Waals surface area contributed by atoms with Crippen molar-refractivity contribution in [3.63, 3.8) is 0 Å². The number of alkyl halides is 1. The third-order valence-corrected chi connectivity index (χ3v) is 4.53. The Labute approximate surface area is 201 Å². The maximum absolute atomic E-state index is 7.00. The van der Waals surface area contributed by atoms with Gasteiger partial charge in [0.05, 0.1) is 13.1 Å². The van der Waals surface area contributed by atoms with E-state index in [1.54, 1.807) is 11.8 Å². The van der Waals surface area contributed by atoms with Crippen molar-refractivity contribution in [2.45, 2.75) is 41.5 Å². The van der Waals surface area contributed by atoms with E-state index >= 15 is 0 Å². The standard InChI is InChI=1S/C9H17N3S.C8H15N3S.CH3I.CH4O/c1-5-10-8(13-4)12-7-9(2,3)6-11-12;1-4-9-7(12)11-6-8(2,3)5-10-11;2*1-2/h6H,5,7H2,1-4H3;5H,4,6H2,1-3H3,(H,9,12);1H3;2H,1H3. The minimum Gasteiger partial charge on any atom is -0.400 e. The van der Waals surface area contributed by atoms with Gasteiger partial charge in [-0.05, 0) is 37.3 Å². The van der Waals surface area contributed by atoms with Crippen molar-refractivity contribution < 1.29 is 5.11 Å². The van der Waals surface area contributed by atoms with E-state index < -0.39 is 0 Å². The maximum atomic E-state index is 7.00. The fourth-order valence-corrected chi connectivity index (χ4v) is 3.09. The van der Waals surface area contributed by atoms with Gasteiger partial charge >= 0.3 is 0 Å². The number of hydrogen-bond donors (Lipinski definition) is 2. The molecule has 2 N–H and O–H groups in total. The van der Waals surface area contributed by atoms with E-state index in [9.17, 15) is 0 Å². The van der Waals surface area contributed by atoms with Crippen molar-refractivity contribution in [3.05, 3.63) is 0 Å². The Bertz CT molecular complexity index is 553. The topological polar surface area (TPSA) is 75.8 Å². The first-order valence-corrected chi connectivity index (χ1v) is 13.3. The monoisotopic (exact) mass is 558 g/mol. The molecule has 0 bridgehead atoms. The van der Waals surface area contributed by atoms with Crippen molar-refractivity contribution in [1.29, 1.82) is 0 Å². The highest BCUT2D eigenvalue weighted by Gasteiger charge is 2.27. The number of amidine groups is 1. The Morgan fingerprint density at radius 1 is 1.10 bits per heavy atom. The summed E-state index contributed by atoms with van der Waals surface area (Å²) in [6.07, 6.45) is 5.97. The number of rotatable bonds is 2. The number of aliphatic imine (C=N–C) groups is 1. The van der Waals surface area contributed by atoms with Gasteiger partial charge in [-0.3, -0.25) is 4.99 Å². The third kappa shape index (κ3) is 12.7. The third-order valence-electron chi connectivity index (χ3n) is 3.47. The van der Waals surface area contributed by atoms with Gasteiger partial charge in [-0.2, -0.15) is 10.2 Å². The van der Waals surface area contributed by atoms with Gasteiger partial charge in [0, 0.05) is 43.5 Å². The molecule has 0 aliphatic carbocycles. The minimum absolute atomic E-state index is 0.152. The second-order valence-electron chi connectivity index (χ2n) is 7.38. The van der Waals surface area contributed by atoms with Gasteiger partial charge in [0.15, 0.2) is 10.3 Å². The molecule has 0 atom stereocenters. The van der Waals surface area contributed by atoms with Gasteiger partial charge in [0.1, 0.15) is 0 Å². The molecule has 10 heteroatoms. The van der Waals surface area contributed by atoms with Crippen LogP contribution < -0.4 is 5.32 Å². The van der Waals surface area contributed by atoms with E-state index in [1.807, 2.05) is 47.5 Å². The largest absolute Gasteiger partial charge is 0.400 e. The molecule has 0 saturated heterocycles. The number of nitrogens with one attached hydrogen (secondary N) is 1. The SMILES string of the molecule is CCN=C(SC)N1CC(C)(C)C=N1.CCNC(=S)N1CC(C)(C)C=N1.CI.CO. The molecule has 0 unspecified atom stereocenters. The van der Waals surface area contributed by atoms with Gasteiger partial charge in [0.2, 0.25) is 0 Å². The molecular formula is C19H39IN6OS2. The number of hydrogen-bond acceptors (Lipinski definition) is 6. The molecule has 2 aliphatic heterocycles. The van der Waals surface area contributed by atoms with Crippen LogP contribution in [0.15, 0.2) is 15.2 Å². The second kappa shape index (κ2) is 16.3. The zero-order valence-electron chi connectivity index (χ0n) is 19.4. The fourth-order valence-electron chi connectivity index (χ4n) is 2.26. The summed E-state index contributed by atoms with van der Waals surface area (Å²) in [5.74, 6) is 0. The number of thioether (sulfide) groups is 1.